The van der Waals surface area contributed by atoms with Gasteiger partial charge in [0.25, 0.3) is 0 Å². The molecule has 1 aliphatic rings. The summed E-state index contributed by atoms with van der Waals surface area (Å²) in [5, 5.41) is 4.62. The van der Waals surface area contributed by atoms with Crippen LogP contribution in [0.1, 0.15) is 6.42 Å². The van der Waals surface area contributed by atoms with E-state index in [1.54, 1.807) is 0 Å². The Morgan fingerprint density at radius 1 is 1.33 bits per heavy atom. The normalized spacial score (nSPS) is 18.6. The Bertz CT molecular complexity index is 523. The van der Waals surface area contributed by atoms with Crippen LogP contribution in [0.3, 0.4) is 0 Å². The van der Waals surface area contributed by atoms with Gasteiger partial charge in [0.2, 0.25) is 0 Å². The highest BCUT2D eigenvalue weighted by Crippen LogP contribution is 2.22. The number of anilines is 1. The van der Waals surface area contributed by atoms with Crippen LogP contribution < -0.4 is 10.2 Å². The van der Waals surface area contributed by atoms with Crippen molar-refractivity contribution in [3.63, 3.8) is 0 Å². The predicted octanol–water partition coefficient (Wildman–Crippen LogP) is 2.45. The number of aromatic nitrogens is 1. The van der Waals surface area contributed by atoms with Gasteiger partial charge in [0.15, 0.2) is 0 Å². The first kappa shape index (κ1) is 13.1. The Morgan fingerprint density at radius 2 is 2.22 bits per heavy atom. The lowest BCUT2D eigenvalue weighted by molar-refractivity contribution is 0.686. The summed E-state index contributed by atoms with van der Waals surface area (Å²) in [6.45, 7) is 2.21. The van der Waals surface area contributed by atoms with Crippen LogP contribution in [-0.2, 0) is 0 Å². The molecule has 2 aromatic rings. The van der Waals surface area contributed by atoms with Crippen molar-refractivity contribution in [1.29, 1.82) is 0 Å². The molecule has 1 aromatic heterocycles. The van der Waals surface area contributed by atoms with Gasteiger partial charge in [-0.15, -0.1) is 12.4 Å². The number of halogens is 1. The lowest BCUT2D eigenvalue weighted by Gasteiger charge is -2.26. The second kappa shape index (κ2) is 5.55. The Labute approximate surface area is 114 Å². The molecule has 96 valence electrons. The average Bonchev–Trinajstić information content (AvgIpc) is 2.91. The van der Waals surface area contributed by atoms with Crippen LogP contribution in [0.4, 0.5) is 5.69 Å². The van der Waals surface area contributed by atoms with Gasteiger partial charge in [-0.2, -0.15) is 0 Å². The number of benzene rings is 1. The zero-order valence-electron chi connectivity index (χ0n) is 10.5. The van der Waals surface area contributed by atoms with E-state index in [1.165, 1.54) is 17.5 Å². The Hall–Kier alpha value is -1.32. The maximum Gasteiger partial charge on any atom is 0.0703 e. The summed E-state index contributed by atoms with van der Waals surface area (Å²) in [6, 6.07) is 11.2. The monoisotopic (exact) mass is 263 g/mol. The first-order valence-corrected chi connectivity index (χ1v) is 6.13. The van der Waals surface area contributed by atoms with E-state index in [1.807, 2.05) is 12.3 Å². The molecule has 1 N–H and O–H groups in total. The lowest BCUT2D eigenvalue weighted by atomic mass is 10.1. The highest BCUT2D eigenvalue weighted by Gasteiger charge is 2.19. The van der Waals surface area contributed by atoms with E-state index < -0.39 is 0 Å². The van der Waals surface area contributed by atoms with Crippen LogP contribution in [0.2, 0.25) is 0 Å². The highest BCUT2D eigenvalue weighted by atomic mass is 35.5. The molecule has 1 fully saturated rings. The molecule has 0 radical (unpaired) electrons. The lowest BCUT2D eigenvalue weighted by Crippen LogP contribution is -2.33. The molecule has 1 aliphatic heterocycles. The molecule has 4 heteroatoms. The molecule has 18 heavy (non-hydrogen) atoms. The van der Waals surface area contributed by atoms with Gasteiger partial charge in [-0.3, -0.25) is 4.98 Å². The first-order chi connectivity index (χ1) is 8.34. The highest BCUT2D eigenvalue weighted by molar-refractivity contribution is 5.85. The van der Waals surface area contributed by atoms with Crippen LogP contribution >= 0.6 is 12.4 Å². The number of likely N-dealkylation sites (N-methyl/N-ethyl adjacent to an activating group) is 1. The number of hydrogen-bond acceptors (Lipinski definition) is 3. The van der Waals surface area contributed by atoms with E-state index >= 15 is 0 Å². The Morgan fingerprint density at radius 3 is 3.00 bits per heavy atom. The number of pyridine rings is 1. The number of nitrogens with one attached hydrogen (secondary N) is 1. The molecule has 1 saturated heterocycles. The Balaban J connectivity index is 0.00000120. The zero-order chi connectivity index (χ0) is 11.7. The fourth-order valence-corrected chi connectivity index (χ4v) is 2.46. The molecule has 3 nitrogen and oxygen atoms in total. The van der Waals surface area contributed by atoms with E-state index in [-0.39, 0.29) is 12.4 Å². The van der Waals surface area contributed by atoms with E-state index in [4.69, 9.17) is 0 Å². The van der Waals surface area contributed by atoms with Gasteiger partial charge in [-0.25, -0.2) is 0 Å². The van der Waals surface area contributed by atoms with Gasteiger partial charge in [0.05, 0.1) is 5.52 Å². The minimum absolute atomic E-state index is 0. The summed E-state index contributed by atoms with van der Waals surface area (Å²) in [5.74, 6) is 0. The molecule has 0 unspecified atom stereocenters. The average molecular weight is 264 g/mol. The van der Waals surface area contributed by atoms with Crippen molar-refractivity contribution in [3.8, 4) is 0 Å². The topological polar surface area (TPSA) is 28.2 Å². The number of hydrogen-bond donors (Lipinski definition) is 1. The maximum absolute atomic E-state index is 4.35. The molecule has 1 aromatic carbocycles. The van der Waals surface area contributed by atoms with Gasteiger partial charge in [0.1, 0.15) is 0 Å². The van der Waals surface area contributed by atoms with Crippen molar-refractivity contribution in [2.75, 3.05) is 25.0 Å². The van der Waals surface area contributed by atoms with Crippen molar-refractivity contribution in [3.05, 3.63) is 36.5 Å². The van der Waals surface area contributed by atoms with Crippen molar-refractivity contribution in [2.45, 2.75) is 12.5 Å². The number of rotatable bonds is 2. The fraction of sp³-hybridized carbons (Fsp3) is 0.357. The molecule has 0 bridgehead atoms. The maximum atomic E-state index is 4.35. The largest absolute Gasteiger partial charge is 0.370 e. The summed E-state index contributed by atoms with van der Waals surface area (Å²) in [7, 11) is 2.18. The summed E-state index contributed by atoms with van der Waals surface area (Å²) in [4.78, 5) is 6.72. The predicted molar refractivity (Wildman–Crippen MR) is 78.7 cm³/mol. The number of fused-ring (bicyclic) bond motifs is 1. The molecule has 3 rings (SSSR count). The molecule has 1 atom stereocenters. The third-order valence-corrected chi connectivity index (χ3v) is 3.58. The van der Waals surface area contributed by atoms with E-state index in [0.29, 0.717) is 6.04 Å². The first-order valence-electron chi connectivity index (χ1n) is 6.13. The standard InChI is InChI=1S/C14H17N3.ClH/c1-17(13-6-8-15-10-13)12-4-5-14-11(9-12)3-2-7-16-14;/h2-5,7,9,13,15H,6,8,10H2,1H3;1H/t13-;/m1./s1. The van der Waals surface area contributed by atoms with E-state index in [0.717, 1.165) is 18.6 Å². The fourth-order valence-electron chi connectivity index (χ4n) is 2.46. The van der Waals surface area contributed by atoms with Crippen molar-refractivity contribution in [1.82, 2.24) is 10.3 Å². The SMILES string of the molecule is CN(c1ccc2ncccc2c1)[C@@H]1CCNC1.Cl. The second-order valence-corrected chi connectivity index (χ2v) is 4.64. The third kappa shape index (κ3) is 2.42. The van der Waals surface area contributed by atoms with Crippen LogP contribution in [0.5, 0.6) is 0 Å². The zero-order valence-corrected chi connectivity index (χ0v) is 11.3. The molecule has 0 amide bonds. The number of nitrogens with zero attached hydrogens (tertiary/aromatic N) is 2. The Kier molecular flexibility index (Phi) is 4.04. The summed E-state index contributed by atoms with van der Waals surface area (Å²) >= 11 is 0. The minimum Gasteiger partial charge on any atom is -0.370 e. The van der Waals surface area contributed by atoms with Crippen LogP contribution in [0, 0.1) is 0 Å². The summed E-state index contributed by atoms with van der Waals surface area (Å²) in [6.07, 6.45) is 3.06. The van der Waals surface area contributed by atoms with E-state index in [9.17, 15) is 0 Å². The molecular formula is C14H18ClN3. The van der Waals surface area contributed by atoms with Crippen LogP contribution in [-0.4, -0.2) is 31.2 Å². The van der Waals surface area contributed by atoms with Crippen LogP contribution in [0.15, 0.2) is 36.5 Å². The van der Waals surface area contributed by atoms with Gasteiger partial charge in [-0.1, -0.05) is 6.07 Å². The van der Waals surface area contributed by atoms with Gasteiger partial charge in [-0.05, 0) is 37.2 Å². The van der Waals surface area contributed by atoms with Gasteiger partial charge < -0.3 is 10.2 Å². The summed E-state index contributed by atoms with van der Waals surface area (Å²) < 4.78 is 0. The van der Waals surface area contributed by atoms with Crippen molar-refractivity contribution < 1.29 is 0 Å². The van der Waals surface area contributed by atoms with Crippen molar-refractivity contribution >= 4 is 29.0 Å². The van der Waals surface area contributed by atoms with Gasteiger partial charge in [0, 0.05) is 36.9 Å². The summed E-state index contributed by atoms with van der Waals surface area (Å²) in [5.41, 5.74) is 2.34. The van der Waals surface area contributed by atoms with Gasteiger partial charge >= 0.3 is 0 Å². The van der Waals surface area contributed by atoms with Crippen molar-refractivity contribution in [2.24, 2.45) is 0 Å². The quantitative estimate of drug-likeness (QED) is 0.902. The third-order valence-electron chi connectivity index (χ3n) is 3.58. The molecule has 2 heterocycles. The molecule has 0 aliphatic carbocycles. The minimum atomic E-state index is 0. The van der Waals surface area contributed by atoms with E-state index in [2.05, 4.69) is 46.5 Å². The second-order valence-electron chi connectivity index (χ2n) is 4.64. The molecule has 0 spiro atoms. The van der Waals surface area contributed by atoms with Crippen LogP contribution in [0.25, 0.3) is 10.9 Å². The molecular weight excluding hydrogens is 246 g/mol. The smallest absolute Gasteiger partial charge is 0.0703 e. The molecule has 0 saturated carbocycles.